The van der Waals surface area contributed by atoms with Crippen LogP contribution in [-0.4, -0.2) is 62.1 Å². The Morgan fingerprint density at radius 1 is 1.14 bits per heavy atom. The number of hydrogen-bond acceptors (Lipinski definition) is 7. The van der Waals surface area contributed by atoms with Crippen molar-refractivity contribution in [3.05, 3.63) is 60.6 Å². The third-order valence-electron chi connectivity index (χ3n) is 7.25. The summed E-state index contributed by atoms with van der Waals surface area (Å²) in [7, 11) is 0.245. The number of urea groups is 1. The number of hydrogen-bond donors (Lipinski definition) is 2. The number of methoxy groups -OCH3 is 1. The Morgan fingerprint density at radius 2 is 1.89 bits per heavy atom. The first kappa shape index (κ1) is 31.4. The molecule has 0 spiro atoms. The van der Waals surface area contributed by atoms with Crippen molar-refractivity contribution in [2.75, 3.05) is 38.8 Å². The van der Waals surface area contributed by atoms with Crippen LogP contribution in [0.5, 0.6) is 17.4 Å². The lowest BCUT2D eigenvalue weighted by Gasteiger charge is -2.37. The Kier molecular flexibility index (Phi) is 9.18. The van der Waals surface area contributed by atoms with E-state index in [4.69, 9.17) is 18.9 Å². The SMILES string of the molecule is COc1ccc(-c2cn(COCC[Si](C)(C)C)c3nccc(Oc4c(F)cc(NC(=O)NCC5(C)COC5)cc4F)c23)cn1. The molecule has 3 aromatic heterocycles. The number of pyridine rings is 2. The van der Waals surface area contributed by atoms with Gasteiger partial charge >= 0.3 is 6.03 Å². The maximum atomic E-state index is 15.3. The number of carbonyl (C=O) groups is 1. The fraction of sp³-hybridized carbons (Fsp3) is 0.387. The summed E-state index contributed by atoms with van der Waals surface area (Å²) in [6.45, 7) is 11.1. The van der Waals surface area contributed by atoms with Gasteiger partial charge in [0.1, 0.15) is 18.1 Å². The zero-order chi connectivity index (χ0) is 31.5. The first-order valence-electron chi connectivity index (χ1n) is 14.3. The quantitative estimate of drug-likeness (QED) is 0.134. The molecule has 0 radical (unpaired) electrons. The molecule has 5 rings (SSSR count). The van der Waals surface area contributed by atoms with Gasteiger partial charge in [0.2, 0.25) is 5.88 Å². The van der Waals surface area contributed by atoms with Crippen LogP contribution in [0.2, 0.25) is 25.7 Å². The lowest BCUT2D eigenvalue weighted by atomic mass is 9.89. The van der Waals surface area contributed by atoms with Crippen molar-refractivity contribution in [3.63, 3.8) is 0 Å². The molecule has 1 saturated heterocycles. The summed E-state index contributed by atoms with van der Waals surface area (Å²) in [5, 5.41) is 5.71. The molecule has 234 valence electrons. The van der Waals surface area contributed by atoms with Gasteiger partial charge in [0, 0.05) is 80.2 Å². The van der Waals surface area contributed by atoms with E-state index in [0.717, 1.165) is 23.7 Å². The zero-order valence-corrected chi connectivity index (χ0v) is 26.5. The lowest BCUT2D eigenvalue weighted by Crippen LogP contribution is -2.49. The summed E-state index contributed by atoms with van der Waals surface area (Å²) in [5.74, 6) is -1.94. The number of nitrogens with zero attached hydrogens (tertiary/aromatic N) is 3. The monoisotopic (exact) mass is 625 g/mol. The molecule has 2 N–H and O–H groups in total. The predicted molar refractivity (Wildman–Crippen MR) is 166 cm³/mol. The molecule has 1 fully saturated rings. The van der Waals surface area contributed by atoms with E-state index in [1.807, 2.05) is 23.8 Å². The van der Waals surface area contributed by atoms with Crippen LogP contribution < -0.4 is 20.1 Å². The van der Waals surface area contributed by atoms with Gasteiger partial charge in [0.05, 0.1) is 25.7 Å². The Labute approximate surface area is 255 Å². The van der Waals surface area contributed by atoms with Gasteiger partial charge in [-0.25, -0.2) is 23.5 Å². The smallest absolute Gasteiger partial charge is 0.319 e. The Bertz CT molecular complexity index is 1610. The molecule has 4 aromatic rings. The van der Waals surface area contributed by atoms with Crippen LogP contribution >= 0.6 is 0 Å². The third kappa shape index (κ3) is 7.34. The largest absolute Gasteiger partial charge is 0.481 e. The molecule has 13 heteroatoms. The van der Waals surface area contributed by atoms with Crippen molar-refractivity contribution in [1.29, 1.82) is 0 Å². The van der Waals surface area contributed by atoms with Crippen LogP contribution in [0.4, 0.5) is 19.3 Å². The van der Waals surface area contributed by atoms with Crippen molar-refractivity contribution < 1.29 is 32.5 Å². The Morgan fingerprint density at radius 3 is 2.50 bits per heavy atom. The van der Waals surface area contributed by atoms with Crippen LogP contribution in [0.3, 0.4) is 0 Å². The fourth-order valence-corrected chi connectivity index (χ4v) is 5.41. The summed E-state index contributed by atoms with van der Waals surface area (Å²) >= 11 is 0. The molecule has 0 atom stereocenters. The molecular weight excluding hydrogens is 588 g/mol. The van der Waals surface area contributed by atoms with E-state index in [2.05, 4.69) is 40.2 Å². The van der Waals surface area contributed by atoms with Gasteiger partial charge in [-0.15, -0.1) is 0 Å². The predicted octanol–water partition coefficient (Wildman–Crippen LogP) is 6.65. The molecule has 0 unspecified atom stereocenters. The minimum atomic E-state index is -1.29. The van der Waals surface area contributed by atoms with E-state index in [9.17, 15) is 4.79 Å². The number of aromatic nitrogens is 3. The number of halogens is 2. The van der Waals surface area contributed by atoms with Gasteiger partial charge in [0.25, 0.3) is 0 Å². The summed E-state index contributed by atoms with van der Waals surface area (Å²) in [5.41, 5.74) is 1.73. The van der Waals surface area contributed by atoms with Crippen LogP contribution in [-0.2, 0) is 16.2 Å². The molecule has 0 bridgehead atoms. The highest BCUT2D eigenvalue weighted by atomic mass is 28.3. The van der Waals surface area contributed by atoms with Gasteiger partial charge in [-0.05, 0) is 18.2 Å². The summed E-state index contributed by atoms with van der Waals surface area (Å²) < 4.78 is 54.7. The molecule has 2 amide bonds. The average molecular weight is 626 g/mol. The maximum Gasteiger partial charge on any atom is 0.319 e. The molecule has 1 aromatic carbocycles. The van der Waals surface area contributed by atoms with Crippen molar-refractivity contribution in [3.8, 4) is 28.5 Å². The molecule has 1 aliphatic rings. The molecule has 1 aliphatic heterocycles. The minimum absolute atomic E-state index is 0.0497. The first-order chi connectivity index (χ1) is 20.9. The van der Waals surface area contributed by atoms with Crippen LogP contribution in [0.1, 0.15) is 6.92 Å². The number of ether oxygens (including phenoxy) is 4. The number of nitrogens with one attached hydrogen (secondary N) is 2. The van der Waals surface area contributed by atoms with Gasteiger partial charge in [0.15, 0.2) is 17.4 Å². The Balaban J connectivity index is 1.42. The number of fused-ring (bicyclic) bond motifs is 1. The van der Waals surface area contributed by atoms with Crippen LogP contribution in [0, 0.1) is 17.0 Å². The minimum Gasteiger partial charge on any atom is -0.481 e. The van der Waals surface area contributed by atoms with Crippen LogP contribution in [0.25, 0.3) is 22.2 Å². The average Bonchev–Trinajstić information content (AvgIpc) is 3.34. The zero-order valence-electron chi connectivity index (χ0n) is 25.5. The second-order valence-corrected chi connectivity index (χ2v) is 18.1. The van der Waals surface area contributed by atoms with E-state index < -0.39 is 31.5 Å². The summed E-state index contributed by atoms with van der Waals surface area (Å²) in [4.78, 5) is 21.2. The van der Waals surface area contributed by atoms with Crippen molar-refractivity contribution >= 4 is 30.8 Å². The fourth-order valence-electron chi connectivity index (χ4n) is 4.65. The second-order valence-electron chi connectivity index (χ2n) is 12.4. The normalized spacial score (nSPS) is 14.2. The van der Waals surface area contributed by atoms with E-state index in [-0.39, 0.29) is 23.6 Å². The van der Waals surface area contributed by atoms with Crippen molar-refractivity contribution in [2.45, 2.75) is 39.3 Å². The highest BCUT2D eigenvalue weighted by Gasteiger charge is 2.33. The third-order valence-corrected chi connectivity index (χ3v) is 8.95. The summed E-state index contributed by atoms with van der Waals surface area (Å²) in [6.07, 6.45) is 5.01. The summed E-state index contributed by atoms with van der Waals surface area (Å²) in [6, 6.07) is 7.55. The highest BCUT2D eigenvalue weighted by molar-refractivity contribution is 6.76. The molecule has 0 saturated carbocycles. The second kappa shape index (κ2) is 12.9. The maximum absolute atomic E-state index is 15.3. The van der Waals surface area contributed by atoms with Gasteiger partial charge < -0.3 is 34.1 Å². The van der Waals surface area contributed by atoms with E-state index >= 15 is 8.78 Å². The molecular formula is C31H37F2N5O5Si. The number of anilines is 1. The topological polar surface area (TPSA) is 109 Å². The number of rotatable bonds is 12. The standard InChI is InChI=1S/C31H37F2N5O5Si/c1-31(17-42-18-31)16-36-30(39)37-21-12-23(32)28(24(33)13-21)43-25-8-9-34-29-27(25)22(20-6-7-26(40-2)35-14-20)15-38(29)19-41-10-11-44(3,4)5/h6-9,12-15H,10-11,16-19H2,1-5H3,(H2,36,37,39). The number of amides is 2. The van der Waals surface area contributed by atoms with Gasteiger partial charge in [-0.1, -0.05) is 26.6 Å². The van der Waals surface area contributed by atoms with Crippen molar-refractivity contribution in [2.24, 2.45) is 5.41 Å². The number of benzene rings is 1. The first-order valence-corrected chi connectivity index (χ1v) is 18.0. The molecule has 10 nitrogen and oxygen atoms in total. The molecule has 0 aliphatic carbocycles. The Hall–Kier alpha value is -4.07. The van der Waals surface area contributed by atoms with Crippen molar-refractivity contribution in [1.82, 2.24) is 19.9 Å². The van der Waals surface area contributed by atoms with Gasteiger partial charge in [-0.3, -0.25) is 0 Å². The van der Waals surface area contributed by atoms with E-state index in [1.165, 1.54) is 13.3 Å². The van der Waals surface area contributed by atoms with E-state index in [1.54, 1.807) is 18.3 Å². The highest BCUT2D eigenvalue weighted by Crippen LogP contribution is 2.40. The van der Waals surface area contributed by atoms with E-state index in [0.29, 0.717) is 48.8 Å². The van der Waals surface area contributed by atoms with Gasteiger partial charge in [-0.2, -0.15) is 0 Å². The van der Waals surface area contributed by atoms with Crippen LogP contribution in [0.15, 0.2) is 48.9 Å². The lowest BCUT2D eigenvalue weighted by molar-refractivity contribution is -0.0974. The molecule has 44 heavy (non-hydrogen) atoms. The number of carbonyl (C=O) groups excluding carboxylic acids is 1. The molecule has 4 heterocycles.